The van der Waals surface area contributed by atoms with Crippen LogP contribution in [-0.4, -0.2) is 28.1 Å². The lowest BCUT2D eigenvalue weighted by molar-refractivity contribution is -0.137. The highest BCUT2D eigenvalue weighted by Gasteiger charge is 2.33. The number of sulfonamides is 1. The van der Waals surface area contributed by atoms with Gasteiger partial charge in [0.15, 0.2) is 0 Å². The van der Waals surface area contributed by atoms with Gasteiger partial charge in [-0.1, -0.05) is 18.5 Å². The highest BCUT2D eigenvalue weighted by atomic mass is 35.5. The topological polar surface area (TPSA) is 58.2 Å². The lowest BCUT2D eigenvalue weighted by Crippen LogP contribution is -2.42. The van der Waals surface area contributed by atoms with Crippen LogP contribution in [0.15, 0.2) is 23.1 Å². The summed E-state index contributed by atoms with van der Waals surface area (Å²) in [7, 11) is -4.06. The minimum Gasteiger partial charge on any atom is -0.317 e. The van der Waals surface area contributed by atoms with Gasteiger partial charge in [-0.3, -0.25) is 0 Å². The van der Waals surface area contributed by atoms with E-state index in [1.807, 2.05) is 6.92 Å². The molecule has 2 rings (SSSR count). The molecule has 1 saturated heterocycles. The molecule has 1 aliphatic heterocycles. The predicted molar refractivity (Wildman–Crippen MR) is 81.9 cm³/mol. The van der Waals surface area contributed by atoms with E-state index in [-0.39, 0.29) is 17.0 Å². The van der Waals surface area contributed by atoms with Crippen LogP contribution in [0.2, 0.25) is 5.02 Å². The summed E-state index contributed by atoms with van der Waals surface area (Å²) >= 11 is 5.64. The zero-order valence-electron chi connectivity index (χ0n) is 12.5. The third-order valence-corrected chi connectivity index (χ3v) is 5.61. The smallest absolute Gasteiger partial charge is 0.317 e. The van der Waals surface area contributed by atoms with E-state index >= 15 is 0 Å². The van der Waals surface area contributed by atoms with Gasteiger partial charge in [0.05, 0.1) is 10.5 Å². The van der Waals surface area contributed by atoms with Crippen molar-refractivity contribution in [2.75, 3.05) is 19.6 Å². The van der Waals surface area contributed by atoms with Crippen molar-refractivity contribution < 1.29 is 21.6 Å². The van der Waals surface area contributed by atoms with Crippen LogP contribution < -0.4 is 10.0 Å². The van der Waals surface area contributed by atoms with E-state index in [2.05, 4.69) is 10.0 Å². The van der Waals surface area contributed by atoms with Crippen molar-refractivity contribution in [2.24, 2.45) is 5.41 Å². The summed E-state index contributed by atoms with van der Waals surface area (Å²) in [6, 6.07) is 2.32. The van der Waals surface area contributed by atoms with Crippen molar-refractivity contribution in [2.45, 2.75) is 30.8 Å². The van der Waals surface area contributed by atoms with Gasteiger partial charge in [0, 0.05) is 11.6 Å². The first-order chi connectivity index (χ1) is 10.5. The van der Waals surface area contributed by atoms with Gasteiger partial charge in [-0.25, -0.2) is 13.1 Å². The van der Waals surface area contributed by atoms with Crippen molar-refractivity contribution in [3.8, 4) is 0 Å². The Morgan fingerprint density at radius 1 is 1.26 bits per heavy atom. The fraction of sp³-hybridized carbons (Fsp3) is 0.571. The van der Waals surface area contributed by atoms with Crippen LogP contribution in [0.25, 0.3) is 0 Å². The van der Waals surface area contributed by atoms with Crippen molar-refractivity contribution in [1.29, 1.82) is 0 Å². The molecule has 1 heterocycles. The van der Waals surface area contributed by atoms with Gasteiger partial charge in [-0.15, -0.1) is 0 Å². The molecule has 0 atom stereocenters. The second kappa shape index (κ2) is 6.58. The first kappa shape index (κ1) is 18.5. The minimum absolute atomic E-state index is 0.172. The average molecular weight is 371 g/mol. The Hall–Kier alpha value is -0.830. The molecule has 0 radical (unpaired) electrons. The molecular formula is C14H18ClF3N2O2S. The van der Waals surface area contributed by atoms with Crippen LogP contribution in [0.3, 0.4) is 0 Å². The molecule has 1 fully saturated rings. The summed E-state index contributed by atoms with van der Waals surface area (Å²) in [5.41, 5.74) is -1.30. The van der Waals surface area contributed by atoms with Gasteiger partial charge < -0.3 is 5.32 Å². The van der Waals surface area contributed by atoms with Crippen LogP contribution in [0.1, 0.15) is 25.3 Å². The summed E-state index contributed by atoms with van der Waals surface area (Å²) in [6.45, 7) is 3.70. The first-order valence-electron chi connectivity index (χ1n) is 7.10. The van der Waals surface area contributed by atoms with Crippen LogP contribution in [0, 0.1) is 5.41 Å². The molecular weight excluding hydrogens is 353 g/mol. The van der Waals surface area contributed by atoms with Gasteiger partial charge in [0.25, 0.3) is 0 Å². The standard InChI is InChI=1S/C14H18ClF3N2O2S/c1-13(2-4-19-5-3-13)9-20-23(21,22)12-7-10(14(16,17)18)6-11(15)8-12/h6-8,19-20H,2-5,9H2,1H3. The summed E-state index contributed by atoms with van der Waals surface area (Å²) in [5, 5.41) is 2.91. The van der Waals surface area contributed by atoms with Gasteiger partial charge in [-0.05, 0) is 49.5 Å². The van der Waals surface area contributed by atoms with Crippen LogP contribution in [0.4, 0.5) is 13.2 Å². The highest BCUT2D eigenvalue weighted by molar-refractivity contribution is 7.89. The molecule has 0 bridgehead atoms. The molecule has 0 unspecified atom stereocenters. The summed E-state index contributed by atoms with van der Waals surface area (Å²) < 4.78 is 65.4. The molecule has 0 aromatic heterocycles. The van der Waals surface area contributed by atoms with E-state index in [4.69, 9.17) is 11.6 Å². The number of nitrogens with one attached hydrogen (secondary N) is 2. The fourth-order valence-electron chi connectivity index (χ4n) is 2.44. The molecule has 130 valence electrons. The van der Waals surface area contributed by atoms with Gasteiger partial charge in [-0.2, -0.15) is 13.2 Å². The molecule has 0 amide bonds. The molecule has 2 N–H and O–H groups in total. The first-order valence-corrected chi connectivity index (χ1v) is 8.96. The average Bonchev–Trinajstić information content (AvgIpc) is 2.45. The molecule has 23 heavy (non-hydrogen) atoms. The number of hydrogen-bond donors (Lipinski definition) is 2. The Labute approximate surface area is 138 Å². The van der Waals surface area contributed by atoms with Crippen LogP contribution in [0.5, 0.6) is 0 Å². The maximum Gasteiger partial charge on any atom is 0.416 e. The molecule has 0 saturated carbocycles. The number of alkyl halides is 3. The van der Waals surface area contributed by atoms with E-state index in [9.17, 15) is 21.6 Å². The Morgan fingerprint density at radius 2 is 1.87 bits per heavy atom. The van der Waals surface area contributed by atoms with E-state index in [1.54, 1.807) is 0 Å². The Kier molecular flexibility index (Phi) is 5.30. The van der Waals surface area contributed by atoms with Crippen molar-refractivity contribution in [3.63, 3.8) is 0 Å². The zero-order chi connectivity index (χ0) is 17.3. The second-order valence-corrected chi connectivity index (χ2v) is 8.26. The largest absolute Gasteiger partial charge is 0.416 e. The molecule has 1 aromatic rings. The molecule has 9 heteroatoms. The Balaban J connectivity index is 2.21. The van der Waals surface area contributed by atoms with E-state index in [0.717, 1.165) is 32.0 Å². The zero-order valence-corrected chi connectivity index (χ0v) is 14.1. The second-order valence-electron chi connectivity index (χ2n) is 6.06. The molecule has 0 aliphatic carbocycles. The maximum absolute atomic E-state index is 12.8. The quantitative estimate of drug-likeness (QED) is 0.856. The number of benzene rings is 1. The normalized spacial score (nSPS) is 18.8. The SMILES string of the molecule is CC1(CNS(=O)(=O)c2cc(Cl)cc(C(F)(F)F)c2)CCNCC1. The number of rotatable bonds is 4. The maximum atomic E-state index is 12.8. The Morgan fingerprint density at radius 3 is 2.43 bits per heavy atom. The highest BCUT2D eigenvalue weighted by Crippen LogP contribution is 2.33. The molecule has 1 aromatic carbocycles. The minimum atomic E-state index is -4.66. The van der Waals surface area contributed by atoms with Gasteiger partial charge in [0.1, 0.15) is 0 Å². The number of hydrogen-bond acceptors (Lipinski definition) is 3. The predicted octanol–water partition coefficient (Wildman–Crippen LogP) is 3.03. The third kappa shape index (κ3) is 4.82. The summed E-state index contributed by atoms with van der Waals surface area (Å²) in [4.78, 5) is -0.477. The van der Waals surface area contributed by atoms with Gasteiger partial charge in [0.2, 0.25) is 10.0 Å². The molecule has 1 aliphatic rings. The van der Waals surface area contributed by atoms with Crippen LogP contribution >= 0.6 is 11.6 Å². The molecule has 0 spiro atoms. The number of halogens is 4. The van der Waals surface area contributed by atoms with Crippen molar-refractivity contribution in [1.82, 2.24) is 10.0 Å². The van der Waals surface area contributed by atoms with E-state index in [1.165, 1.54) is 0 Å². The van der Waals surface area contributed by atoms with Gasteiger partial charge >= 0.3 is 6.18 Å². The lowest BCUT2D eigenvalue weighted by Gasteiger charge is -2.34. The lowest BCUT2D eigenvalue weighted by atomic mass is 9.81. The Bertz CT molecular complexity index is 671. The fourth-order valence-corrected chi connectivity index (χ4v) is 4.01. The monoisotopic (exact) mass is 370 g/mol. The summed E-state index contributed by atoms with van der Waals surface area (Å²) in [6.07, 6.45) is -3.08. The molecule has 4 nitrogen and oxygen atoms in total. The third-order valence-electron chi connectivity index (χ3n) is 4.01. The van der Waals surface area contributed by atoms with Crippen molar-refractivity contribution in [3.05, 3.63) is 28.8 Å². The van der Waals surface area contributed by atoms with E-state index < -0.39 is 26.7 Å². The number of piperidine rings is 1. The summed E-state index contributed by atoms with van der Waals surface area (Å²) in [5.74, 6) is 0. The van der Waals surface area contributed by atoms with E-state index in [0.29, 0.717) is 12.1 Å². The van der Waals surface area contributed by atoms with Crippen LogP contribution in [-0.2, 0) is 16.2 Å². The van der Waals surface area contributed by atoms with Crippen molar-refractivity contribution >= 4 is 21.6 Å².